The van der Waals surface area contributed by atoms with Crippen molar-refractivity contribution in [2.45, 2.75) is 44.2 Å². The number of rotatable bonds is 6. The molecule has 5 heterocycles. The number of amides is 1. The van der Waals surface area contributed by atoms with E-state index in [-0.39, 0.29) is 11.9 Å². The van der Waals surface area contributed by atoms with Crippen molar-refractivity contribution in [2.24, 2.45) is 0 Å². The van der Waals surface area contributed by atoms with Crippen LogP contribution >= 0.6 is 0 Å². The fourth-order valence-corrected chi connectivity index (χ4v) is 4.83. The first kappa shape index (κ1) is 21.0. The van der Waals surface area contributed by atoms with Gasteiger partial charge in [0.25, 0.3) is 5.91 Å². The largest absolute Gasteiger partial charge is 0.381 e. The first-order chi connectivity index (χ1) is 15.8. The lowest BCUT2D eigenvalue weighted by molar-refractivity contribution is 0.0704. The zero-order valence-electron chi connectivity index (χ0n) is 18.3. The Labute approximate surface area is 188 Å². The van der Waals surface area contributed by atoms with Gasteiger partial charge >= 0.3 is 0 Å². The predicted octanol–water partition coefficient (Wildman–Crippen LogP) is 3.13. The molecular weight excluding hydrogens is 404 g/mol. The molecule has 1 amide bonds. The van der Waals surface area contributed by atoms with E-state index < -0.39 is 0 Å². The average molecular weight is 435 g/mol. The standard InChI is InChI=1S/C24H30N6O2/c31-24(27-16-22(18-5-4-8-25-14-18)29-9-2-1-3-10-29)19-13-21-23(26-15-19)30(17-28-21)20-6-11-32-12-7-20/h4-5,8,13-15,17,20,22H,1-3,6-7,9-12,16H2,(H,27,31). The van der Waals surface area contributed by atoms with Gasteiger partial charge in [-0.05, 0) is 56.5 Å². The molecule has 2 saturated heterocycles. The van der Waals surface area contributed by atoms with Crippen molar-refractivity contribution in [1.82, 2.24) is 29.7 Å². The lowest BCUT2D eigenvalue weighted by atomic mass is 10.0. The van der Waals surface area contributed by atoms with Gasteiger partial charge in [0.05, 0.1) is 17.9 Å². The smallest absolute Gasteiger partial charge is 0.252 e. The summed E-state index contributed by atoms with van der Waals surface area (Å²) in [5.74, 6) is -0.120. The van der Waals surface area contributed by atoms with Crippen LogP contribution in [0.5, 0.6) is 0 Å². The minimum absolute atomic E-state index is 0.120. The lowest BCUT2D eigenvalue weighted by Gasteiger charge is -2.34. The number of imidazole rings is 1. The van der Waals surface area contributed by atoms with Gasteiger partial charge in [-0.2, -0.15) is 0 Å². The van der Waals surface area contributed by atoms with Crippen molar-refractivity contribution in [3.63, 3.8) is 0 Å². The number of nitrogens with one attached hydrogen (secondary N) is 1. The zero-order chi connectivity index (χ0) is 21.8. The molecule has 2 aliphatic heterocycles. The minimum Gasteiger partial charge on any atom is -0.381 e. The van der Waals surface area contributed by atoms with Crippen LogP contribution < -0.4 is 5.32 Å². The van der Waals surface area contributed by atoms with Crippen LogP contribution in [0.25, 0.3) is 11.2 Å². The van der Waals surface area contributed by atoms with Crippen molar-refractivity contribution in [3.05, 3.63) is 54.2 Å². The molecule has 1 unspecified atom stereocenters. The average Bonchev–Trinajstić information content (AvgIpc) is 3.29. The summed E-state index contributed by atoms with van der Waals surface area (Å²) in [6, 6.07) is 6.37. The van der Waals surface area contributed by atoms with Crippen molar-refractivity contribution in [2.75, 3.05) is 32.8 Å². The van der Waals surface area contributed by atoms with Crippen molar-refractivity contribution in [1.29, 1.82) is 0 Å². The minimum atomic E-state index is -0.120. The van der Waals surface area contributed by atoms with E-state index in [9.17, 15) is 4.79 Å². The van der Waals surface area contributed by atoms with E-state index in [4.69, 9.17) is 4.74 Å². The molecule has 1 atom stereocenters. The molecule has 3 aromatic heterocycles. The summed E-state index contributed by atoms with van der Waals surface area (Å²) < 4.78 is 7.59. The molecule has 32 heavy (non-hydrogen) atoms. The molecule has 3 aromatic rings. The highest BCUT2D eigenvalue weighted by atomic mass is 16.5. The van der Waals surface area contributed by atoms with Crippen LogP contribution in [0.2, 0.25) is 0 Å². The first-order valence-electron chi connectivity index (χ1n) is 11.6. The lowest BCUT2D eigenvalue weighted by Crippen LogP contribution is -2.40. The van der Waals surface area contributed by atoms with Gasteiger partial charge in [-0.1, -0.05) is 12.5 Å². The highest BCUT2D eigenvalue weighted by molar-refractivity contribution is 5.96. The summed E-state index contributed by atoms with van der Waals surface area (Å²) in [5, 5.41) is 3.13. The summed E-state index contributed by atoms with van der Waals surface area (Å²) in [6.07, 6.45) is 12.8. The topological polar surface area (TPSA) is 85.2 Å². The second-order valence-electron chi connectivity index (χ2n) is 8.67. The van der Waals surface area contributed by atoms with E-state index >= 15 is 0 Å². The van der Waals surface area contributed by atoms with E-state index in [2.05, 4.69) is 35.8 Å². The molecule has 0 aromatic carbocycles. The molecule has 0 saturated carbocycles. The molecule has 8 heteroatoms. The van der Waals surface area contributed by atoms with Gasteiger partial charge < -0.3 is 14.6 Å². The molecule has 168 valence electrons. The molecule has 8 nitrogen and oxygen atoms in total. The molecule has 5 rings (SSSR count). The first-order valence-corrected chi connectivity index (χ1v) is 11.6. The number of hydrogen-bond acceptors (Lipinski definition) is 6. The number of carbonyl (C=O) groups is 1. The van der Waals surface area contributed by atoms with Crippen molar-refractivity contribution in [3.8, 4) is 0 Å². The molecule has 2 aliphatic rings. The molecule has 2 fully saturated rings. The monoisotopic (exact) mass is 434 g/mol. The maximum Gasteiger partial charge on any atom is 0.252 e. The van der Waals surface area contributed by atoms with Crippen molar-refractivity contribution >= 4 is 17.1 Å². The molecular formula is C24H30N6O2. The Morgan fingerprint density at radius 2 is 2.00 bits per heavy atom. The number of aromatic nitrogens is 4. The summed E-state index contributed by atoms with van der Waals surface area (Å²) in [5.41, 5.74) is 3.26. The summed E-state index contributed by atoms with van der Waals surface area (Å²) in [4.78, 5) is 28.8. The van der Waals surface area contributed by atoms with Crippen LogP contribution in [-0.2, 0) is 4.74 Å². The number of pyridine rings is 2. The van der Waals surface area contributed by atoms with Crippen molar-refractivity contribution < 1.29 is 9.53 Å². The number of hydrogen-bond donors (Lipinski definition) is 1. The molecule has 0 spiro atoms. The maximum atomic E-state index is 13.0. The quantitative estimate of drug-likeness (QED) is 0.642. The maximum absolute atomic E-state index is 13.0. The number of ether oxygens (including phenoxy) is 1. The highest BCUT2D eigenvalue weighted by Gasteiger charge is 2.24. The number of carbonyl (C=O) groups excluding carboxylic acids is 1. The van der Waals surface area contributed by atoms with Gasteiger partial charge in [-0.3, -0.25) is 14.7 Å². The Hall–Kier alpha value is -2.84. The fraction of sp³-hybridized carbons (Fsp3) is 0.500. The SMILES string of the molecule is O=C(NCC(c1cccnc1)N1CCCCC1)c1cnc2c(c1)ncn2C1CCOCC1. The van der Waals surface area contributed by atoms with Gasteiger partial charge in [-0.25, -0.2) is 9.97 Å². The number of fused-ring (bicyclic) bond motifs is 1. The third-order valence-electron chi connectivity index (χ3n) is 6.62. The van der Waals surface area contributed by atoms with Gasteiger partial charge in [0.2, 0.25) is 0 Å². The van der Waals surface area contributed by atoms with Crippen LogP contribution in [0.3, 0.4) is 0 Å². The highest BCUT2D eigenvalue weighted by Crippen LogP contribution is 2.26. The van der Waals surface area contributed by atoms with E-state index in [1.165, 1.54) is 19.3 Å². The van der Waals surface area contributed by atoms with Crippen LogP contribution in [0.15, 0.2) is 43.1 Å². The van der Waals surface area contributed by atoms with E-state index in [0.717, 1.165) is 55.9 Å². The van der Waals surface area contributed by atoms with Gasteiger partial charge in [-0.15, -0.1) is 0 Å². The molecule has 0 aliphatic carbocycles. The fourth-order valence-electron chi connectivity index (χ4n) is 4.83. The predicted molar refractivity (Wildman–Crippen MR) is 121 cm³/mol. The third-order valence-corrected chi connectivity index (χ3v) is 6.62. The summed E-state index contributed by atoms with van der Waals surface area (Å²) >= 11 is 0. The Morgan fingerprint density at radius 1 is 1.16 bits per heavy atom. The number of likely N-dealkylation sites (tertiary alicyclic amines) is 1. The second-order valence-corrected chi connectivity index (χ2v) is 8.67. The van der Waals surface area contributed by atoms with Crippen LogP contribution in [0.1, 0.15) is 60.1 Å². The van der Waals surface area contributed by atoms with Gasteiger partial charge in [0.15, 0.2) is 5.65 Å². The normalized spacial score (nSPS) is 19.1. The van der Waals surface area contributed by atoms with Gasteiger partial charge in [0.1, 0.15) is 5.52 Å². The van der Waals surface area contributed by atoms with E-state index in [0.29, 0.717) is 18.2 Å². The van der Waals surface area contributed by atoms with Crippen LogP contribution in [-0.4, -0.2) is 63.2 Å². The Balaban J connectivity index is 1.30. The Bertz CT molecular complexity index is 1040. The number of piperidine rings is 1. The molecule has 0 radical (unpaired) electrons. The van der Waals surface area contributed by atoms with E-state index in [1.54, 1.807) is 12.4 Å². The summed E-state index contributed by atoms with van der Waals surface area (Å²) in [6.45, 7) is 4.16. The number of nitrogens with zero attached hydrogens (tertiary/aromatic N) is 5. The van der Waals surface area contributed by atoms with Gasteiger partial charge in [0, 0.05) is 44.4 Å². The molecule has 1 N–H and O–H groups in total. The van der Waals surface area contributed by atoms with Crippen LogP contribution in [0.4, 0.5) is 0 Å². The second kappa shape index (κ2) is 9.75. The summed E-state index contributed by atoms with van der Waals surface area (Å²) in [7, 11) is 0. The van der Waals surface area contributed by atoms with Crippen LogP contribution in [0, 0.1) is 0 Å². The Morgan fingerprint density at radius 3 is 2.78 bits per heavy atom. The van der Waals surface area contributed by atoms with E-state index in [1.807, 2.05) is 24.7 Å². The zero-order valence-corrected chi connectivity index (χ0v) is 18.3. The third kappa shape index (κ3) is 4.52. The molecule has 0 bridgehead atoms. The Kier molecular flexibility index (Phi) is 6.41.